The summed E-state index contributed by atoms with van der Waals surface area (Å²) in [6.45, 7) is 3.57. The fourth-order valence-corrected chi connectivity index (χ4v) is 7.45. The third-order valence-corrected chi connectivity index (χ3v) is 9.30. The monoisotopic (exact) mass is 536 g/mol. The number of nitrogen functional groups attached to an aromatic ring is 1. The van der Waals surface area contributed by atoms with Crippen molar-refractivity contribution in [3.05, 3.63) is 40.1 Å². The van der Waals surface area contributed by atoms with Gasteiger partial charge in [-0.15, -0.1) is 0 Å². The van der Waals surface area contributed by atoms with Crippen LogP contribution in [0.15, 0.2) is 12.1 Å². The van der Waals surface area contributed by atoms with Gasteiger partial charge in [-0.3, -0.25) is 4.90 Å². The molecule has 2 saturated heterocycles. The van der Waals surface area contributed by atoms with Crippen LogP contribution in [0.4, 0.5) is 15.9 Å². The van der Waals surface area contributed by atoms with Crippen molar-refractivity contribution in [2.45, 2.75) is 74.8 Å². The van der Waals surface area contributed by atoms with Crippen molar-refractivity contribution in [1.82, 2.24) is 14.9 Å². The number of hydrogen-bond donors (Lipinski definition) is 2. The number of hydrogen-bond acceptors (Lipinski definition) is 9. The summed E-state index contributed by atoms with van der Waals surface area (Å²) >= 11 is 0. The molecule has 10 heteroatoms. The van der Waals surface area contributed by atoms with Crippen molar-refractivity contribution >= 4 is 11.5 Å². The molecule has 4 aliphatic rings. The molecule has 2 aromatic rings. The van der Waals surface area contributed by atoms with E-state index in [0.717, 1.165) is 48.2 Å². The molecule has 1 aromatic heterocycles. The number of rotatable bonds is 5. The normalized spacial score (nSPS) is 31.4. The Hall–Kier alpha value is -3.00. The molecule has 0 amide bonds. The van der Waals surface area contributed by atoms with E-state index in [1.54, 1.807) is 6.07 Å². The number of nitrogens with two attached hydrogens (primary N) is 1. The molecular weight excluding hydrogens is 499 g/mol. The number of nitrogens with zero attached hydrogens (tertiary/aromatic N) is 5. The van der Waals surface area contributed by atoms with Crippen LogP contribution in [-0.2, 0) is 16.8 Å². The average molecular weight is 537 g/mol. The lowest BCUT2D eigenvalue weighted by molar-refractivity contribution is -0.139. The number of aliphatic hydroxyl groups is 1. The minimum atomic E-state index is -0.855. The topological polar surface area (TPSA) is 121 Å². The van der Waals surface area contributed by atoms with Crippen molar-refractivity contribution in [3.63, 3.8) is 0 Å². The molecule has 39 heavy (non-hydrogen) atoms. The fraction of sp³-hybridized carbons (Fsp3) is 0.621. The van der Waals surface area contributed by atoms with E-state index in [1.165, 1.54) is 0 Å². The second-order valence-electron chi connectivity index (χ2n) is 12.0. The highest BCUT2D eigenvalue weighted by atomic mass is 19.1. The van der Waals surface area contributed by atoms with Gasteiger partial charge in [0.15, 0.2) is 0 Å². The Morgan fingerprint density at radius 3 is 2.90 bits per heavy atom. The minimum absolute atomic E-state index is 0.243. The predicted octanol–water partition coefficient (Wildman–Crippen LogP) is 3.35. The molecule has 1 aliphatic carbocycles. The molecule has 4 heterocycles. The Labute approximate surface area is 228 Å². The highest BCUT2D eigenvalue weighted by molar-refractivity contribution is 5.64. The second kappa shape index (κ2) is 9.58. The summed E-state index contributed by atoms with van der Waals surface area (Å²) in [5, 5.41) is 20.6. The minimum Gasteiger partial charge on any atom is -0.461 e. The maximum atomic E-state index is 14.3. The molecule has 208 valence electrons. The average Bonchev–Trinajstić information content (AvgIpc) is 3.44. The molecule has 1 aromatic carbocycles. The third-order valence-electron chi connectivity index (χ3n) is 9.30. The van der Waals surface area contributed by atoms with Gasteiger partial charge in [-0.25, -0.2) is 4.39 Å². The number of alkyl halides is 1. The van der Waals surface area contributed by atoms with Gasteiger partial charge >= 0.3 is 6.01 Å². The maximum absolute atomic E-state index is 14.3. The number of aromatic nitrogens is 2. The van der Waals surface area contributed by atoms with E-state index in [1.807, 2.05) is 25.1 Å². The Morgan fingerprint density at radius 1 is 1.33 bits per heavy atom. The van der Waals surface area contributed by atoms with Crippen molar-refractivity contribution < 1.29 is 19.0 Å². The van der Waals surface area contributed by atoms with E-state index in [2.05, 4.69) is 17.9 Å². The van der Waals surface area contributed by atoms with Gasteiger partial charge in [0.25, 0.3) is 0 Å². The predicted molar refractivity (Wildman–Crippen MR) is 144 cm³/mol. The zero-order valence-corrected chi connectivity index (χ0v) is 22.9. The Bertz CT molecular complexity index is 1330. The van der Waals surface area contributed by atoms with Gasteiger partial charge in [0.1, 0.15) is 36.4 Å². The number of benzene rings is 1. The molecule has 0 radical (unpaired) electrons. The quantitative estimate of drug-likeness (QED) is 0.554. The largest absolute Gasteiger partial charge is 0.461 e. The van der Waals surface area contributed by atoms with Gasteiger partial charge in [0.2, 0.25) is 0 Å². The first kappa shape index (κ1) is 26.2. The molecule has 3 N–H and O–H groups in total. The van der Waals surface area contributed by atoms with E-state index >= 15 is 0 Å². The van der Waals surface area contributed by atoms with Crippen LogP contribution in [0.2, 0.25) is 0 Å². The van der Waals surface area contributed by atoms with E-state index in [9.17, 15) is 14.8 Å². The SMILES string of the molecule is C[C@H]1CC[C@@]2(Cc3nc(OC[C@@]45CCCN4C[C@H](F)C5)nc(N(C)C)c3[C@H](CO)O2)c2c1ccc(N)c2C#N. The lowest BCUT2D eigenvalue weighted by atomic mass is 9.69. The van der Waals surface area contributed by atoms with Crippen LogP contribution in [0.5, 0.6) is 6.01 Å². The molecule has 6 rings (SSSR count). The molecule has 0 bridgehead atoms. The molecule has 3 aliphatic heterocycles. The lowest BCUT2D eigenvalue weighted by Crippen LogP contribution is -2.45. The van der Waals surface area contributed by atoms with Crippen LogP contribution in [0.1, 0.15) is 79.0 Å². The summed E-state index contributed by atoms with van der Waals surface area (Å²) < 4.78 is 27.3. The number of nitriles is 1. The summed E-state index contributed by atoms with van der Waals surface area (Å²) in [6.07, 6.45) is 2.82. The fourth-order valence-electron chi connectivity index (χ4n) is 7.45. The van der Waals surface area contributed by atoms with Gasteiger partial charge in [0.05, 0.1) is 23.4 Å². The van der Waals surface area contributed by atoms with Crippen LogP contribution in [0.3, 0.4) is 0 Å². The van der Waals surface area contributed by atoms with Crippen LogP contribution >= 0.6 is 0 Å². The number of ether oxygens (including phenoxy) is 2. The van der Waals surface area contributed by atoms with Gasteiger partial charge in [-0.2, -0.15) is 15.2 Å². The van der Waals surface area contributed by atoms with Gasteiger partial charge < -0.3 is 25.2 Å². The van der Waals surface area contributed by atoms with Gasteiger partial charge in [-0.1, -0.05) is 13.0 Å². The molecule has 5 atom stereocenters. The van der Waals surface area contributed by atoms with Gasteiger partial charge in [0, 0.05) is 50.3 Å². The van der Waals surface area contributed by atoms with Gasteiger partial charge in [-0.05, 0) is 49.8 Å². The summed E-state index contributed by atoms with van der Waals surface area (Å²) in [7, 11) is 3.78. The summed E-state index contributed by atoms with van der Waals surface area (Å²) in [5.74, 6) is 0.869. The zero-order valence-electron chi connectivity index (χ0n) is 22.9. The highest BCUT2D eigenvalue weighted by Gasteiger charge is 2.51. The molecule has 0 unspecified atom stereocenters. The highest BCUT2D eigenvalue weighted by Crippen LogP contribution is 2.53. The van der Waals surface area contributed by atoms with Crippen molar-refractivity contribution in [3.8, 4) is 12.1 Å². The smallest absolute Gasteiger partial charge is 0.318 e. The van der Waals surface area contributed by atoms with Crippen LogP contribution in [0.25, 0.3) is 0 Å². The maximum Gasteiger partial charge on any atom is 0.318 e. The first-order valence-electron chi connectivity index (χ1n) is 13.9. The Morgan fingerprint density at radius 2 is 2.15 bits per heavy atom. The summed E-state index contributed by atoms with van der Waals surface area (Å²) in [5.41, 5.74) is 9.28. The van der Waals surface area contributed by atoms with E-state index in [0.29, 0.717) is 49.5 Å². The van der Waals surface area contributed by atoms with E-state index in [4.69, 9.17) is 25.2 Å². The number of anilines is 2. The van der Waals surface area contributed by atoms with Crippen LogP contribution in [-0.4, -0.2) is 72.1 Å². The molecule has 2 fully saturated rings. The number of halogens is 1. The first-order chi connectivity index (χ1) is 18.7. The van der Waals surface area contributed by atoms with Crippen molar-refractivity contribution in [2.24, 2.45) is 0 Å². The molecule has 0 saturated carbocycles. The summed E-state index contributed by atoms with van der Waals surface area (Å²) in [4.78, 5) is 13.7. The lowest BCUT2D eigenvalue weighted by Gasteiger charge is -2.47. The van der Waals surface area contributed by atoms with Crippen molar-refractivity contribution in [1.29, 1.82) is 5.26 Å². The molecular formula is C29H37FN6O3. The number of fused-ring (bicyclic) bond motifs is 4. The third kappa shape index (κ3) is 4.14. The number of aliphatic hydroxyl groups excluding tert-OH is 1. The molecule has 1 spiro atoms. The Kier molecular flexibility index (Phi) is 6.44. The van der Waals surface area contributed by atoms with E-state index < -0.39 is 17.9 Å². The van der Waals surface area contributed by atoms with Crippen LogP contribution < -0.4 is 15.4 Å². The zero-order chi connectivity index (χ0) is 27.5. The van der Waals surface area contributed by atoms with Crippen molar-refractivity contribution in [2.75, 3.05) is 51.0 Å². The summed E-state index contributed by atoms with van der Waals surface area (Å²) in [6, 6.07) is 6.35. The first-order valence-corrected chi connectivity index (χ1v) is 13.9. The van der Waals surface area contributed by atoms with Crippen LogP contribution in [0, 0.1) is 11.3 Å². The standard InChI is InChI=1S/C29H37FN6O3/c1-17-7-9-29(25-19(17)5-6-21(32)20(25)13-31)12-22-24(23(15-37)39-29)26(35(2)3)34-27(33-22)38-16-28-8-4-10-36(28)14-18(30)11-28/h5-6,17-18,23,37H,4,7-12,14-16,32H2,1-3H3/t17-,18+,23-,28-,29+/m0/s1. The Balaban J connectivity index is 1.42. The van der Waals surface area contributed by atoms with E-state index in [-0.39, 0.29) is 24.1 Å². The molecule has 9 nitrogen and oxygen atoms in total. The second-order valence-corrected chi connectivity index (χ2v) is 12.0.